The van der Waals surface area contributed by atoms with E-state index in [9.17, 15) is 9.90 Å². The number of rotatable bonds is 3. The number of hydrogen-bond donors (Lipinski definition) is 1. The molecule has 0 saturated heterocycles. The van der Waals surface area contributed by atoms with Crippen molar-refractivity contribution < 1.29 is 9.90 Å². The molecule has 0 aliphatic heterocycles. The van der Waals surface area contributed by atoms with E-state index in [0.29, 0.717) is 5.03 Å². The van der Waals surface area contributed by atoms with E-state index in [0.717, 1.165) is 5.56 Å². The van der Waals surface area contributed by atoms with Crippen LogP contribution in [0, 0.1) is 17.3 Å². The minimum absolute atomic E-state index is 0.00444. The lowest BCUT2D eigenvalue weighted by molar-refractivity contribution is -0.139. The number of allylic oxidation sites excluding steroid dienone is 1. The van der Waals surface area contributed by atoms with Crippen LogP contribution in [0.4, 0.5) is 0 Å². The van der Waals surface area contributed by atoms with Gasteiger partial charge in [-0.3, -0.25) is 4.79 Å². The van der Waals surface area contributed by atoms with Gasteiger partial charge in [0.15, 0.2) is 0 Å². The Morgan fingerprint density at radius 2 is 1.76 bits per heavy atom. The number of carboxylic acids is 1. The van der Waals surface area contributed by atoms with Gasteiger partial charge in [-0.2, -0.15) is 0 Å². The summed E-state index contributed by atoms with van der Waals surface area (Å²) in [7, 11) is 0. The lowest BCUT2D eigenvalue weighted by Crippen LogP contribution is -2.10. The Bertz CT molecular complexity index is 576. The third kappa shape index (κ3) is 3.16. The number of benzene rings is 1. The van der Waals surface area contributed by atoms with E-state index in [1.165, 1.54) is 5.56 Å². The highest BCUT2D eigenvalue weighted by molar-refractivity contribution is 6.48. The van der Waals surface area contributed by atoms with E-state index >= 15 is 0 Å². The van der Waals surface area contributed by atoms with Crippen LogP contribution in [0.1, 0.15) is 45.7 Å². The van der Waals surface area contributed by atoms with Gasteiger partial charge in [-0.05, 0) is 27.9 Å². The first-order valence-electron chi connectivity index (χ1n) is 7.26. The molecule has 114 valence electrons. The zero-order chi connectivity index (χ0) is 16.0. The SMILES string of the molecule is CC(C)(C)c1ccc(/C(Cl)=C/C2C(C(=O)O)C2(C)C)cc1. The van der Waals surface area contributed by atoms with E-state index in [1.807, 2.05) is 32.1 Å². The molecule has 1 fully saturated rings. The molecule has 0 heterocycles. The quantitative estimate of drug-likeness (QED) is 0.860. The van der Waals surface area contributed by atoms with Crippen LogP contribution in [-0.4, -0.2) is 11.1 Å². The summed E-state index contributed by atoms with van der Waals surface area (Å²) in [4.78, 5) is 11.2. The summed E-state index contributed by atoms with van der Waals surface area (Å²) >= 11 is 6.37. The molecule has 0 radical (unpaired) electrons. The van der Waals surface area contributed by atoms with Crippen LogP contribution in [-0.2, 0) is 10.2 Å². The van der Waals surface area contributed by atoms with Crippen molar-refractivity contribution in [2.45, 2.75) is 40.0 Å². The molecule has 3 heteroatoms. The molecule has 1 aromatic rings. The van der Waals surface area contributed by atoms with Crippen molar-refractivity contribution in [1.29, 1.82) is 0 Å². The van der Waals surface area contributed by atoms with Crippen LogP contribution >= 0.6 is 11.6 Å². The highest BCUT2D eigenvalue weighted by atomic mass is 35.5. The second-order valence-electron chi connectivity index (χ2n) is 7.51. The van der Waals surface area contributed by atoms with E-state index in [-0.39, 0.29) is 22.7 Å². The van der Waals surface area contributed by atoms with Crippen LogP contribution in [0.3, 0.4) is 0 Å². The maximum atomic E-state index is 11.2. The minimum Gasteiger partial charge on any atom is -0.481 e. The molecule has 2 nitrogen and oxygen atoms in total. The van der Waals surface area contributed by atoms with Gasteiger partial charge >= 0.3 is 5.97 Å². The molecule has 1 aliphatic carbocycles. The molecular weight excluding hydrogens is 284 g/mol. The summed E-state index contributed by atoms with van der Waals surface area (Å²) in [5.74, 6) is -1.07. The monoisotopic (exact) mass is 306 g/mol. The Morgan fingerprint density at radius 1 is 1.24 bits per heavy atom. The second-order valence-corrected chi connectivity index (χ2v) is 7.91. The molecule has 21 heavy (non-hydrogen) atoms. The van der Waals surface area contributed by atoms with Crippen molar-refractivity contribution in [3.05, 3.63) is 41.5 Å². The first kappa shape index (κ1) is 16.1. The maximum Gasteiger partial charge on any atom is 0.307 e. The van der Waals surface area contributed by atoms with Gasteiger partial charge in [-0.15, -0.1) is 0 Å². The number of carboxylic acid groups (broad SMARTS) is 1. The van der Waals surface area contributed by atoms with Gasteiger partial charge in [0.25, 0.3) is 0 Å². The van der Waals surface area contributed by atoms with Crippen molar-refractivity contribution in [3.8, 4) is 0 Å². The molecule has 2 rings (SSSR count). The predicted molar refractivity (Wildman–Crippen MR) is 87.4 cm³/mol. The van der Waals surface area contributed by atoms with E-state index in [4.69, 9.17) is 11.6 Å². The smallest absolute Gasteiger partial charge is 0.307 e. The summed E-state index contributed by atoms with van der Waals surface area (Å²) in [5, 5.41) is 9.83. The lowest BCUT2D eigenvalue weighted by atomic mass is 9.86. The molecule has 1 saturated carbocycles. The first-order valence-corrected chi connectivity index (χ1v) is 7.64. The molecule has 1 aliphatic rings. The lowest BCUT2D eigenvalue weighted by Gasteiger charge is -2.19. The summed E-state index contributed by atoms with van der Waals surface area (Å²) in [6.45, 7) is 10.5. The van der Waals surface area contributed by atoms with Gasteiger partial charge in [0.05, 0.1) is 5.92 Å². The minimum atomic E-state index is -0.742. The van der Waals surface area contributed by atoms with E-state index in [1.54, 1.807) is 0 Å². The second kappa shape index (κ2) is 5.17. The highest BCUT2D eigenvalue weighted by Crippen LogP contribution is 2.59. The molecular formula is C18H23ClO2. The summed E-state index contributed by atoms with van der Waals surface area (Å²) < 4.78 is 0. The van der Waals surface area contributed by atoms with E-state index in [2.05, 4.69) is 32.9 Å². The summed E-state index contributed by atoms with van der Waals surface area (Å²) in [5.41, 5.74) is 2.10. The Labute approximate surface area is 131 Å². The number of carbonyl (C=O) groups is 1. The van der Waals surface area contributed by atoms with Gasteiger partial charge < -0.3 is 5.11 Å². The zero-order valence-corrected chi connectivity index (χ0v) is 14.0. The molecule has 2 unspecified atom stereocenters. The van der Waals surface area contributed by atoms with Crippen molar-refractivity contribution in [2.24, 2.45) is 17.3 Å². The topological polar surface area (TPSA) is 37.3 Å². The van der Waals surface area contributed by atoms with Crippen LogP contribution in [0.25, 0.3) is 5.03 Å². The largest absolute Gasteiger partial charge is 0.481 e. The fraction of sp³-hybridized carbons (Fsp3) is 0.500. The Kier molecular flexibility index (Phi) is 3.96. The fourth-order valence-electron chi connectivity index (χ4n) is 2.84. The molecule has 0 amide bonds. The number of aliphatic carboxylic acids is 1. The van der Waals surface area contributed by atoms with Crippen LogP contribution < -0.4 is 0 Å². The normalized spacial score (nSPS) is 24.8. The molecule has 0 spiro atoms. The third-order valence-electron chi connectivity index (χ3n) is 4.53. The van der Waals surface area contributed by atoms with Gasteiger partial charge in [0, 0.05) is 5.03 Å². The summed E-state index contributed by atoms with van der Waals surface area (Å²) in [6.07, 6.45) is 1.90. The van der Waals surface area contributed by atoms with Crippen LogP contribution in [0.2, 0.25) is 0 Å². The Balaban J connectivity index is 2.20. The number of hydrogen-bond acceptors (Lipinski definition) is 1. The van der Waals surface area contributed by atoms with Crippen LogP contribution in [0.15, 0.2) is 30.3 Å². The van der Waals surface area contributed by atoms with Crippen molar-refractivity contribution in [3.63, 3.8) is 0 Å². The Hall–Kier alpha value is -1.28. The van der Waals surface area contributed by atoms with Crippen molar-refractivity contribution >= 4 is 22.6 Å². The summed E-state index contributed by atoms with van der Waals surface area (Å²) in [6, 6.07) is 8.17. The standard InChI is InChI=1S/C18H23ClO2/c1-17(2,3)12-8-6-11(7-9-12)14(19)10-13-15(16(20)21)18(13,4)5/h6-10,13,15H,1-5H3,(H,20,21)/b14-10-. The van der Waals surface area contributed by atoms with Crippen molar-refractivity contribution in [1.82, 2.24) is 0 Å². The van der Waals surface area contributed by atoms with Crippen molar-refractivity contribution in [2.75, 3.05) is 0 Å². The van der Waals surface area contributed by atoms with Gasteiger partial charge in [0.1, 0.15) is 0 Å². The van der Waals surface area contributed by atoms with Gasteiger partial charge in [-0.1, -0.05) is 76.6 Å². The van der Waals surface area contributed by atoms with Gasteiger partial charge in [0.2, 0.25) is 0 Å². The Morgan fingerprint density at radius 3 is 2.14 bits per heavy atom. The average Bonchev–Trinajstić information content (AvgIpc) is 2.90. The van der Waals surface area contributed by atoms with Crippen LogP contribution in [0.5, 0.6) is 0 Å². The van der Waals surface area contributed by atoms with Gasteiger partial charge in [-0.25, -0.2) is 0 Å². The molecule has 1 N–H and O–H groups in total. The third-order valence-corrected chi connectivity index (χ3v) is 4.87. The number of halogens is 1. The molecule has 0 bridgehead atoms. The highest BCUT2D eigenvalue weighted by Gasteiger charge is 2.61. The molecule has 1 aromatic carbocycles. The average molecular weight is 307 g/mol. The zero-order valence-electron chi connectivity index (χ0n) is 13.3. The molecule has 2 atom stereocenters. The maximum absolute atomic E-state index is 11.2. The van der Waals surface area contributed by atoms with E-state index < -0.39 is 5.97 Å². The fourth-order valence-corrected chi connectivity index (χ4v) is 3.11. The molecule has 0 aromatic heterocycles. The predicted octanol–water partition coefficient (Wildman–Crippen LogP) is 4.92. The first-order chi connectivity index (χ1) is 9.55.